The van der Waals surface area contributed by atoms with Crippen molar-refractivity contribution < 1.29 is 4.74 Å². The fourth-order valence-corrected chi connectivity index (χ4v) is 1.86. The lowest BCUT2D eigenvalue weighted by Crippen LogP contribution is -1.94. The van der Waals surface area contributed by atoms with Gasteiger partial charge in [0.1, 0.15) is 5.75 Å². The van der Waals surface area contributed by atoms with Gasteiger partial charge in [-0.3, -0.25) is 4.99 Å². The topological polar surface area (TPSA) is 21.6 Å². The van der Waals surface area contributed by atoms with Crippen LogP contribution < -0.4 is 4.74 Å². The van der Waals surface area contributed by atoms with Crippen LogP contribution in [0.4, 0.5) is 0 Å². The molecule has 0 saturated heterocycles. The van der Waals surface area contributed by atoms with Crippen molar-refractivity contribution in [2.24, 2.45) is 4.99 Å². The van der Waals surface area contributed by atoms with Crippen molar-refractivity contribution >= 4 is 18.0 Å². The molecule has 0 fully saturated rings. The number of hydrogen-bond donors (Lipinski definition) is 0. The van der Waals surface area contributed by atoms with Gasteiger partial charge in [0.2, 0.25) is 0 Å². The van der Waals surface area contributed by atoms with Gasteiger partial charge >= 0.3 is 0 Å². The Morgan fingerprint density at radius 3 is 3.25 bits per heavy atom. The van der Waals surface area contributed by atoms with Crippen molar-refractivity contribution in [1.82, 2.24) is 0 Å². The van der Waals surface area contributed by atoms with Gasteiger partial charge in [-0.1, -0.05) is 0 Å². The Hall–Kier alpha value is -0.960. The Morgan fingerprint density at radius 2 is 2.42 bits per heavy atom. The third kappa shape index (κ3) is 1.32. The molecular weight excluding hydrogens is 170 g/mol. The minimum Gasteiger partial charge on any atom is -0.497 e. The van der Waals surface area contributed by atoms with Crippen LogP contribution in [0.2, 0.25) is 0 Å². The summed E-state index contributed by atoms with van der Waals surface area (Å²) in [5, 5.41) is 0. The van der Waals surface area contributed by atoms with Crippen LogP contribution >= 0.6 is 11.8 Å². The molecule has 1 heterocycles. The molecule has 0 spiro atoms. The molecule has 0 bridgehead atoms. The maximum Gasteiger partial charge on any atom is 0.119 e. The zero-order chi connectivity index (χ0) is 8.39. The smallest absolute Gasteiger partial charge is 0.119 e. The summed E-state index contributed by atoms with van der Waals surface area (Å²) >= 11 is 1.75. The highest BCUT2D eigenvalue weighted by Crippen LogP contribution is 2.28. The van der Waals surface area contributed by atoms with Crippen molar-refractivity contribution in [3.05, 3.63) is 23.8 Å². The Bertz CT molecular complexity index is 322. The maximum absolute atomic E-state index is 5.11. The third-order valence-corrected chi connectivity index (χ3v) is 2.70. The number of thioether (sulfide) groups is 1. The number of rotatable bonds is 1. The molecule has 0 atom stereocenters. The second kappa shape index (κ2) is 3.19. The first-order valence-electron chi connectivity index (χ1n) is 3.71. The average molecular weight is 179 g/mol. The average Bonchev–Trinajstić information content (AvgIpc) is 2.17. The fraction of sp³-hybridized carbons (Fsp3) is 0.222. The molecule has 62 valence electrons. The van der Waals surface area contributed by atoms with Crippen LogP contribution in [-0.4, -0.2) is 19.2 Å². The van der Waals surface area contributed by atoms with E-state index in [0.717, 1.165) is 17.2 Å². The van der Waals surface area contributed by atoms with Crippen molar-refractivity contribution in [1.29, 1.82) is 0 Å². The molecule has 0 aromatic heterocycles. The summed E-state index contributed by atoms with van der Waals surface area (Å²) in [7, 11) is 1.68. The zero-order valence-corrected chi connectivity index (χ0v) is 7.60. The van der Waals surface area contributed by atoms with Crippen molar-refractivity contribution in [2.75, 3.05) is 13.0 Å². The van der Waals surface area contributed by atoms with Gasteiger partial charge in [0, 0.05) is 16.7 Å². The molecule has 1 aliphatic rings. The lowest BCUT2D eigenvalue weighted by atomic mass is 10.2. The number of ether oxygens (including phenoxy) is 1. The monoisotopic (exact) mass is 179 g/mol. The molecule has 0 unspecified atom stereocenters. The number of benzene rings is 1. The van der Waals surface area contributed by atoms with Gasteiger partial charge < -0.3 is 4.74 Å². The van der Waals surface area contributed by atoms with Gasteiger partial charge in [0.25, 0.3) is 0 Å². The summed E-state index contributed by atoms with van der Waals surface area (Å²) in [6.07, 6.45) is 1.90. The molecule has 0 aliphatic carbocycles. The first-order valence-corrected chi connectivity index (χ1v) is 4.69. The zero-order valence-electron chi connectivity index (χ0n) is 6.78. The van der Waals surface area contributed by atoms with E-state index in [4.69, 9.17) is 4.74 Å². The lowest BCUT2D eigenvalue weighted by Gasteiger charge is -2.09. The number of aliphatic imine (C=N–C) groups is 1. The van der Waals surface area contributed by atoms with E-state index < -0.39 is 0 Å². The number of nitrogens with zero attached hydrogens (tertiary/aromatic N) is 1. The van der Waals surface area contributed by atoms with E-state index in [0.29, 0.717) is 0 Å². The summed E-state index contributed by atoms with van der Waals surface area (Å²) < 4.78 is 5.11. The SMILES string of the molecule is COc1ccc2c(c1)C=NCS2. The highest BCUT2D eigenvalue weighted by Gasteiger charge is 2.05. The van der Waals surface area contributed by atoms with Crippen molar-refractivity contribution in [2.45, 2.75) is 4.90 Å². The van der Waals surface area contributed by atoms with E-state index in [2.05, 4.69) is 11.1 Å². The summed E-state index contributed by atoms with van der Waals surface area (Å²) in [5.41, 5.74) is 1.16. The minimum atomic E-state index is 0.833. The fourth-order valence-electron chi connectivity index (χ4n) is 1.13. The molecule has 1 aliphatic heterocycles. The van der Waals surface area contributed by atoms with E-state index in [1.165, 1.54) is 4.90 Å². The summed E-state index contributed by atoms with van der Waals surface area (Å²) in [6.45, 7) is 0. The third-order valence-electron chi connectivity index (χ3n) is 1.74. The second-order valence-electron chi connectivity index (χ2n) is 2.49. The van der Waals surface area contributed by atoms with Crippen LogP contribution in [0, 0.1) is 0 Å². The molecule has 0 amide bonds. The molecule has 1 aromatic rings. The summed E-state index contributed by atoms with van der Waals surface area (Å²) in [4.78, 5) is 5.46. The largest absolute Gasteiger partial charge is 0.497 e. The Morgan fingerprint density at radius 1 is 1.50 bits per heavy atom. The van der Waals surface area contributed by atoms with Crippen LogP contribution in [0.15, 0.2) is 28.1 Å². The number of fused-ring (bicyclic) bond motifs is 1. The summed E-state index contributed by atoms with van der Waals surface area (Å²) in [6, 6.07) is 6.06. The predicted molar refractivity (Wildman–Crippen MR) is 51.3 cm³/mol. The molecule has 12 heavy (non-hydrogen) atoms. The first kappa shape index (κ1) is 7.68. The first-order chi connectivity index (χ1) is 5.90. The van der Waals surface area contributed by atoms with Crippen LogP contribution in [0.5, 0.6) is 5.75 Å². The molecule has 0 saturated carbocycles. The highest BCUT2D eigenvalue weighted by molar-refractivity contribution is 7.99. The van der Waals surface area contributed by atoms with Crippen LogP contribution in [0.25, 0.3) is 0 Å². The molecule has 3 heteroatoms. The van der Waals surface area contributed by atoms with E-state index in [1.54, 1.807) is 18.9 Å². The van der Waals surface area contributed by atoms with E-state index in [9.17, 15) is 0 Å². The van der Waals surface area contributed by atoms with Crippen molar-refractivity contribution in [3.63, 3.8) is 0 Å². The van der Waals surface area contributed by atoms with Gasteiger partial charge in [0.05, 0.1) is 13.0 Å². The van der Waals surface area contributed by atoms with E-state index >= 15 is 0 Å². The predicted octanol–water partition coefficient (Wildman–Crippen LogP) is 2.18. The molecular formula is C9H9NOS. The van der Waals surface area contributed by atoms with Crippen LogP contribution in [-0.2, 0) is 0 Å². The second-order valence-corrected chi connectivity index (χ2v) is 3.48. The van der Waals surface area contributed by atoms with Crippen molar-refractivity contribution in [3.8, 4) is 5.75 Å². The molecule has 0 N–H and O–H groups in total. The number of methoxy groups -OCH3 is 1. The van der Waals surface area contributed by atoms with Gasteiger partial charge in [0.15, 0.2) is 0 Å². The van der Waals surface area contributed by atoms with Crippen LogP contribution in [0.3, 0.4) is 0 Å². The van der Waals surface area contributed by atoms with E-state index in [-0.39, 0.29) is 0 Å². The Balaban J connectivity index is 2.44. The Labute approximate surface area is 75.7 Å². The molecule has 2 rings (SSSR count). The minimum absolute atomic E-state index is 0.833. The molecule has 0 radical (unpaired) electrons. The maximum atomic E-state index is 5.11. The Kier molecular flexibility index (Phi) is 2.04. The van der Waals surface area contributed by atoms with Gasteiger partial charge in [-0.05, 0) is 18.2 Å². The normalized spacial score (nSPS) is 14.1. The molecule has 2 nitrogen and oxygen atoms in total. The van der Waals surface area contributed by atoms with Gasteiger partial charge in [-0.2, -0.15) is 0 Å². The molecule has 1 aromatic carbocycles. The van der Waals surface area contributed by atoms with Crippen LogP contribution in [0.1, 0.15) is 5.56 Å². The highest BCUT2D eigenvalue weighted by atomic mass is 32.2. The summed E-state index contributed by atoms with van der Waals surface area (Å²) in [5.74, 6) is 1.72. The van der Waals surface area contributed by atoms with Gasteiger partial charge in [-0.15, -0.1) is 11.8 Å². The van der Waals surface area contributed by atoms with E-state index in [1.807, 2.05) is 18.3 Å². The lowest BCUT2D eigenvalue weighted by molar-refractivity contribution is 0.414. The standard InChI is InChI=1S/C9H9NOS/c1-11-8-2-3-9-7(4-8)5-10-6-12-9/h2-5H,6H2,1H3. The number of hydrogen-bond acceptors (Lipinski definition) is 3. The quantitative estimate of drug-likeness (QED) is 0.659. The van der Waals surface area contributed by atoms with Gasteiger partial charge in [-0.25, -0.2) is 0 Å².